The number of nitrogens with zero attached hydrogens (tertiary/aromatic N) is 3. The average molecular weight is 532 g/mol. The Morgan fingerprint density at radius 1 is 0.889 bits per heavy atom. The second-order valence-electron chi connectivity index (χ2n) is 8.62. The smallest absolute Gasteiger partial charge is 0.264 e. The Hall–Kier alpha value is -3.51. The zero-order valence-corrected chi connectivity index (χ0v) is 22.5. The fourth-order valence-corrected chi connectivity index (χ4v) is 5.82. The number of rotatable bonds is 8. The Morgan fingerprint density at radius 3 is 2.03 bits per heavy atom. The number of anilines is 3. The molecular weight excluding hydrogens is 502 g/mol. The number of sulfonamides is 2. The van der Waals surface area contributed by atoms with Gasteiger partial charge in [0.05, 0.1) is 16.8 Å². The van der Waals surface area contributed by atoms with Crippen molar-refractivity contribution in [2.75, 3.05) is 20.6 Å². The van der Waals surface area contributed by atoms with E-state index in [9.17, 15) is 21.6 Å². The summed E-state index contributed by atoms with van der Waals surface area (Å²) in [5.41, 5.74) is 3.53. The molecule has 0 radical (unpaired) electrons. The molecule has 0 aliphatic rings. The third kappa shape index (κ3) is 6.38. The van der Waals surface area contributed by atoms with Gasteiger partial charge in [-0.25, -0.2) is 31.5 Å². The minimum Gasteiger partial charge on any atom is -0.324 e. The molecule has 0 bridgehead atoms. The van der Waals surface area contributed by atoms with Gasteiger partial charge in [-0.15, -0.1) is 0 Å². The molecule has 10 nitrogen and oxygen atoms in total. The summed E-state index contributed by atoms with van der Waals surface area (Å²) < 4.78 is 54.1. The van der Waals surface area contributed by atoms with Crippen molar-refractivity contribution in [2.45, 2.75) is 45.6 Å². The number of aryl methyl sites for hydroxylation is 4. The van der Waals surface area contributed by atoms with Crippen molar-refractivity contribution in [1.82, 2.24) is 9.97 Å². The predicted octanol–water partition coefficient (Wildman–Crippen LogP) is 3.30. The molecular formula is C24H29N5O5S2. The molecule has 1 heterocycles. The van der Waals surface area contributed by atoms with Crippen LogP contribution >= 0.6 is 0 Å². The first-order valence-electron chi connectivity index (χ1n) is 11.0. The van der Waals surface area contributed by atoms with Crippen LogP contribution in [0.3, 0.4) is 0 Å². The minimum absolute atomic E-state index is 0.0361. The summed E-state index contributed by atoms with van der Waals surface area (Å²) in [6.45, 7) is 8.57. The zero-order chi connectivity index (χ0) is 26.8. The Balaban J connectivity index is 1.80. The zero-order valence-electron chi connectivity index (χ0n) is 20.9. The van der Waals surface area contributed by atoms with E-state index >= 15 is 0 Å². The molecule has 1 aromatic heterocycles. The highest BCUT2D eigenvalue weighted by Crippen LogP contribution is 2.27. The highest BCUT2D eigenvalue weighted by Gasteiger charge is 2.30. The van der Waals surface area contributed by atoms with E-state index in [2.05, 4.69) is 20.0 Å². The second-order valence-corrected chi connectivity index (χ2v) is 12.2. The number of hydrogen-bond acceptors (Lipinski definition) is 7. The number of hydrogen-bond donors (Lipinski definition) is 2. The standard InChI is InChI=1S/C24H29N5O5S2/c1-15-7-8-16(2)22(13-15)29(35(6,31)32)19(5)23(30)27-20-9-11-21(12-10-20)36(33,34)28-24-25-17(3)14-18(4)26-24/h7-14,19H,1-6H3,(H,27,30)(H,25,26,28). The Labute approximate surface area is 211 Å². The monoisotopic (exact) mass is 531 g/mol. The third-order valence-corrected chi connectivity index (χ3v) is 7.90. The van der Waals surface area contributed by atoms with E-state index < -0.39 is 32.0 Å². The van der Waals surface area contributed by atoms with Gasteiger partial charge in [0.2, 0.25) is 21.9 Å². The molecule has 3 rings (SSSR count). The Bertz CT molecular complexity index is 1480. The van der Waals surface area contributed by atoms with Crippen molar-refractivity contribution in [3.63, 3.8) is 0 Å². The summed E-state index contributed by atoms with van der Waals surface area (Å²) >= 11 is 0. The molecule has 0 saturated carbocycles. The quantitative estimate of drug-likeness (QED) is 0.455. The molecule has 0 fully saturated rings. The van der Waals surface area contributed by atoms with Gasteiger partial charge in [-0.3, -0.25) is 9.10 Å². The Kier molecular flexibility index (Phi) is 7.70. The number of carbonyl (C=O) groups excluding carboxylic acids is 1. The highest BCUT2D eigenvalue weighted by molar-refractivity contribution is 7.92. The lowest BCUT2D eigenvalue weighted by atomic mass is 10.1. The van der Waals surface area contributed by atoms with Crippen molar-refractivity contribution in [3.8, 4) is 0 Å². The van der Waals surface area contributed by atoms with Crippen LogP contribution in [0.4, 0.5) is 17.3 Å². The van der Waals surface area contributed by atoms with Crippen LogP contribution in [0.1, 0.15) is 29.4 Å². The molecule has 192 valence electrons. The topological polar surface area (TPSA) is 138 Å². The summed E-state index contributed by atoms with van der Waals surface area (Å²) in [7, 11) is -7.74. The summed E-state index contributed by atoms with van der Waals surface area (Å²) in [4.78, 5) is 21.1. The summed E-state index contributed by atoms with van der Waals surface area (Å²) in [5.74, 6) is -0.607. The molecule has 0 aliphatic carbocycles. The van der Waals surface area contributed by atoms with E-state index in [1.807, 2.05) is 13.0 Å². The van der Waals surface area contributed by atoms with E-state index in [4.69, 9.17) is 0 Å². The fraction of sp³-hybridized carbons (Fsp3) is 0.292. The number of aromatic nitrogens is 2. The molecule has 0 saturated heterocycles. The number of carbonyl (C=O) groups is 1. The van der Waals surface area contributed by atoms with E-state index in [1.54, 1.807) is 39.0 Å². The van der Waals surface area contributed by atoms with Crippen LogP contribution in [0.25, 0.3) is 0 Å². The lowest BCUT2D eigenvalue weighted by molar-refractivity contribution is -0.116. The molecule has 2 N–H and O–H groups in total. The van der Waals surface area contributed by atoms with Crippen LogP contribution in [-0.2, 0) is 24.8 Å². The van der Waals surface area contributed by atoms with Gasteiger partial charge in [0.1, 0.15) is 6.04 Å². The van der Waals surface area contributed by atoms with E-state index in [-0.39, 0.29) is 10.8 Å². The summed E-state index contributed by atoms with van der Waals surface area (Å²) in [6, 6.07) is 11.5. The molecule has 12 heteroatoms. The van der Waals surface area contributed by atoms with Gasteiger partial charge < -0.3 is 5.32 Å². The lowest BCUT2D eigenvalue weighted by Crippen LogP contribution is -2.45. The van der Waals surface area contributed by atoms with Gasteiger partial charge in [-0.1, -0.05) is 12.1 Å². The van der Waals surface area contributed by atoms with E-state index in [0.29, 0.717) is 28.3 Å². The van der Waals surface area contributed by atoms with Crippen molar-refractivity contribution in [3.05, 3.63) is 71.0 Å². The number of nitrogens with one attached hydrogen (secondary N) is 2. The van der Waals surface area contributed by atoms with Crippen molar-refractivity contribution < 1.29 is 21.6 Å². The van der Waals surface area contributed by atoms with Crippen molar-refractivity contribution in [1.29, 1.82) is 0 Å². The summed E-state index contributed by atoms with van der Waals surface area (Å²) in [6.07, 6.45) is 1.05. The van der Waals surface area contributed by atoms with Gasteiger partial charge in [0.15, 0.2) is 0 Å². The highest BCUT2D eigenvalue weighted by atomic mass is 32.2. The molecule has 3 aromatic rings. The van der Waals surface area contributed by atoms with Crippen LogP contribution in [0, 0.1) is 27.7 Å². The Morgan fingerprint density at radius 2 is 1.47 bits per heavy atom. The maximum atomic E-state index is 13.0. The first-order valence-corrected chi connectivity index (χ1v) is 14.3. The maximum Gasteiger partial charge on any atom is 0.264 e. The predicted molar refractivity (Wildman–Crippen MR) is 140 cm³/mol. The van der Waals surface area contributed by atoms with Crippen LogP contribution in [0.15, 0.2) is 53.4 Å². The van der Waals surface area contributed by atoms with Crippen LogP contribution < -0.4 is 14.3 Å². The van der Waals surface area contributed by atoms with Crippen LogP contribution in [0.2, 0.25) is 0 Å². The lowest BCUT2D eigenvalue weighted by Gasteiger charge is -2.29. The molecule has 36 heavy (non-hydrogen) atoms. The van der Waals surface area contributed by atoms with Gasteiger partial charge in [0, 0.05) is 17.1 Å². The van der Waals surface area contributed by atoms with Crippen LogP contribution in [0.5, 0.6) is 0 Å². The van der Waals surface area contributed by atoms with E-state index in [0.717, 1.165) is 16.1 Å². The number of benzene rings is 2. The van der Waals surface area contributed by atoms with Crippen molar-refractivity contribution >= 4 is 43.3 Å². The fourth-order valence-electron chi connectivity index (χ4n) is 3.65. The number of amides is 1. The van der Waals surface area contributed by atoms with Gasteiger partial charge in [0.25, 0.3) is 10.0 Å². The molecule has 2 aromatic carbocycles. The molecule has 1 amide bonds. The minimum atomic E-state index is -3.96. The van der Waals surface area contributed by atoms with Crippen molar-refractivity contribution in [2.24, 2.45) is 0 Å². The maximum absolute atomic E-state index is 13.0. The molecule has 0 aliphatic heterocycles. The molecule has 0 spiro atoms. The van der Waals surface area contributed by atoms with Gasteiger partial charge >= 0.3 is 0 Å². The molecule has 1 atom stereocenters. The first kappa shape index (κ1) is 27.1. The normalized spacial score (nSPS) is 12.6. The van der Waals surface area contributed by atoms with E-state index in [1.165, 1.54) is 31.2 Å². The third-order valence-electron chi connectivity index (χ3n) is 5.33. The average Bonchev–Trinajstić information content (AvgIpc) is 2.74. The largest absolute Gasteiger partial charge is 0.324 e. The molecule has 1 unspecified atom stereocenters. The van der Waals surface area contributed by atoms with Gasteiger partial charge in [-0.05, 0) is 82.1 Å². The first-order chi connectivity index (χ1) is 16.7. The summed E-state index contributed by atoms with van der Waals surface area (Å²) in [5, 5.41) is 2.66. The second kappa shape index (κ2) is 10.2. The van der Waals surface area contributed by atoms with Gasteiger partial charge in [-0.2, -0.15) is 0 Å². The SMILES string of the molecule is Cc1ccc(C)c(N(C(C)C(=O)Nc2ccc(S(=O)(=O)Nc3nc(C)cc(C)n3)cc2)S(C)(=O)=O)c1. The van der Waals surface area contributed by atoms with Crippen LogP contribution in [-0.4, -0.2) is 45.0 Å².